The largest absolute Gasteiger partial charge is 0.493 e. The first kappa shape index (κ1) is 21.2. The van der Waals surface area contributed by atoms with E-state index < -0.39 is 17.6 Å². The Morgan fingerprint density at radius 2 is 1.70 bits per heavy atom. The van der Waals surface area contributed by atoms with Gasteiger partial charge in [-0.15, -0.1) is 0 Å². The fourth-order valence-electron chi connectivity index (χ4n) is 2.78. The maximum atomic E-state index is 12.9. The standard InChI is InChI=1S/C23H20F3NO3/c1-2-29-21-12-11-16(13-17(21)15-30-20-9-4-3-5-10-20)22(28)27-19-8-6-7-18(14-19)23(24,25)26/h3-14H,2,15H2,1H3,(H,27,28). The van der Waals surface area contributed by atoms with Crippen molar-refractivity contribution in [3.63, 3.8) is 0 Å². The van der Waals surface area contributed by atoms with Gasteiger partial charge < -0.3 is 14.8 Å². The molecule has 0 aliphatic rings. The summed E-state index contributed by atoms with van der Waals surface area (Å²) >= 11 is 0. The monoisotopic (exact) mass is 415 g/mol. The number of anilines is 1. The number of halogens is 3. The number of rotatable bonds is 7. The first-order valence-corrected chi connectivity index (χ1v) is 9.29. The molecule has 7 heteroatoms. The predicted octanol–water partition coefficient (Wildman–Crippen LogP) is 5.94. The van der Waals surface area contributed by atoms with Crippen molar-refractivity contribution in [1.29, 1.82) is 0 Å². The molecule has 156 valence electrons. The van der Waals surface area contributed by atoms with Crippen molar-refractivity contribution in [2.45, 2.75) is 19.7 Å². The zero-order valence-corrected chi connectivity index (χ0v) is 16.2. The Labute approximate surface area is 172 Å². The van der Waals surface area contributed by atoms with Gasteiger partial charge in [-0.05, 0) is 55.5 Å². The molecule has 0 unspecified atom stereocenters. The van der Waals surface area contributed by atoms with Crippen LogP contribution in [0.25, 0.3) is 0 Å². The molecule has 4 nitrogen and oxygen atoms in total. The minimum atomic E-state index is -4.48. The van der Waals surface area contributed by atoms with E-state index in [0.717, 1.165) is 12.1 Å². The maximum Gasteiger partial charge on any atom is 0.416 e. The van der Waals surface area contributed by atoms with Crippen LogP contribution >= 0.6 is 0 Å². The SMILES string of the molecule is CCOc1ccc(C(=O)Nc2cccc(C(F)(F)F)c2)cc1COc1ccccc1. The average molecular weight is 415 g/mol. The summed E-state index contributed by atoms with van der Waals surface area (Å²) < 4.78 is 50.0. The lowest BCUT2D eigenvalue weighted by Gasteiger charge is -2.14. The Kier molecular flexibility index (Phi) is 6.61. The second kappa shape index (κ2) is 9.35. The van der Waals surface area contributed by atoms with E-state index >= 15 is 0 Å². The van der Waals surface area contributed by atoms with Crippen LogP contribution in [0.4, 0.5) is 18.9 Å². The van der Waals surface area contributed by atoms with Crippen LogP contribution in [0.2, 0.25) is 0 Å². The van der Waals surface area contributed by atoms with Gasteiger partial charge in [0.2, 0.25) is 0 Å². The van der Waals surface area contributed by atoms with Gasteiger partial charge in [0.05, 0.1) is 12.2 Å². The normalized spacial score (nSPS) is 11.1. The summed E-state index contributed by atoms with van der Waals surface area (Å²) in [6, 6.07) is 18.5. The first-order valence-electron chi connectivity index (χ1n) is 9.29. The van der Waals surface area contributed by atoms with Crippen molar-refractivity contribution in [3.05, 3.63) is 89.5 Å². The third-order valence-electron chi connectivity index (χ3n) is 4.21. The summed E-state index contributed by atoms with van der Waals surface area (Å²) in [5.74, 6) is 0.709. The molecule has 0 aliphatic carbocycles. The predicted molar refractivity (Wildman–Crippen MR) is 108 cm³/mol. The van der Waals surface area contributed by atoms with E-state index in [0.29, 0.717) is 23.7 Å². The molecule has 30 heavy (non-hydrogen) atoms. The van der Waals surface area contributed by atoms with Gasteiger partial charge in [0.25, 0.3) is 5.91 Å². The van der Waals surface area contributed by atoms with Crippen molar-refractivity contribution in [2.24, 2.45) is 0 Å². The summed E-state index contributed by atoms with van der Waals surface area (Å²) in [5, 5.41) is 2.50. The molecule has 0 bridgehead atoms. The van der Waals surface area contributed by atoms with Crippen LogP contribution in [0.1, 0.15) is 28.4 Å². The van der Waals surface area contributed by atoms with Crippen molar-refractivity contribution in [3.8, 4) is 11.5 Å². The lowest BCUT2D eigenvalue weighted by molar-refractivity contribution is -0.137. The van der Waals surface area contributed by atoms with Gasteiger partial charge in [0, 0.05) is 16.8 Å². The van der Waals surface area contributed by atoms with Crippen LogP contribution in [-0.4, -0.2) is 12.5 Å². The van der Waals surface area contributed by atoms with Crippen LogP contribution in [0.15, 0.2) is 72.8 Å². The molecule has 0 aliphatic heterocycles. The third kappa shape index (κ3) is 5.53. The number of amides is 1. The Bertz CT molecular complexity index is 1000. The minimum absolute atomic E-state index is 0.0609. The van der Waals surface area contributed by atoms with Gasteiger partial charge >= 0.3 is 6.18 Å². The molecule has 1 N–H and O–H groups in total. The van der Waals surface area contributed by atoms with E-state index in [1.807, 2.05) is 37.3 Å². The zero-order valence-electron chi connectivity index (χ0n) is 16.2. The van der Waals surface area contributed by atoms with Gasteiger partial charge in [-0.25, -0.2) is 0 Å². The van der Waals surface area contributed by atoms with Crippen molar-refractivity contribution in [1.82, 2.24) is 0 Å². The molecule has 0 heterocycles. The number of carbonyl (C=O) groups is 1. The molecule has 0 saturated carbocycles. The maximum absolute atomic E-state index is 12.9. The number of hydrogen-bond acceptors (Lipinski definition) is 3. The average Bonchev–Trinajstić information content (AvgIpc) is 2.73. The molecular formula is C23H20F3NO3. The lowest BCUT2D eigenvalue weighted by atomic mass is 10.1. The van der Waals surface area contributed by atoms with Gasteiger partial charge in [-0.1, -0.05) is 24.3 Å². The fraction of sp³-hybridized carbons (Fsp3) is 0.174. The van der Waals surface area contributed by atoms with E-state index in [9.17, 15) is 18.0 Å². The van der Waals surface area contributed by atoms with Crippen molar-refractivity contribution in [2.75, 3.05) is 11.9 Å². The molecule has 1 amide bonds. The number of alkyl halides is 3. The second-order valence-electron chi connectivity index (χ2n) is 6.39. The number of nitrogens with one attached hydrogen (secondary N) is 1. The fourth-order valence-corrected chi connectivity index (χ4v) is 2.78. The van der Waals surface area contributed by atoms with Crippen molar-refractivity contribution < 1.29 is 27.4 Å². The van der Waals surface area contributed by atoms with Gasteiger partial charge in [-0.2, -0.15) is 13.2 Å². The van der Waals surface area contributed by atoms with Crippen LogP contribution in [0.3, 0.4) is 0 Å². The molecule has 0 radical (unpaired) electrons. The highest BCUT2D eigenvalue weighted by molar-refractivity contribution is 6.04. The van der Waals surface area contributed by atoms with Crippen LogP contribution in [0.5, 0.6) is 11.5 Å². The Hall–Kier alpha value is -3.48. The molecule has 3 aromatic carbocycles. The van der Waals surface area contributed by atoms with E-state index in [-0.39, 0.29) is 17.9 Å². The molecule has 3 rings (SSSR count). The van der Waals surface area contributed by atoms with Gasteiger partial charge in [-0.3, -0.25) is 4.79 Å². The highest BCUT2D eigenvalue weighted by Gasteiger charge is 2.30. The van der Waals surface area contributed by atoms with Crippen LogP contribution in [0, 0.1) is 0 Å². The van der Waals surface area contributed by atoms with E-state index in [1.165, 1.54) is 12.1 Å². The molecule has 0 saturated heterocycles. The Balaban J connectivity index is 1.79. The van der Waals surface area contributed by atoms with Gasteiger partial charge in [0.1, 0.15) is 18.1 Å². The summed E-state index contributed by atoms with van der Waals surface area (Å²) in [4.78, 5) is 12.6. The molecule has 3 aromatic rings. The number of para-hydroxylation sites is 1. The molecule has 0 spiro atoms. The zero-order chi connectivity index (χ0) is 21.6. The lowest BCUT2D eigenvalue weighted by Crippen LogP contribution is -2.14. The Morgan fingerprint density at radius 3 is 2.40 bits per heavy atom. The smallest absolute Gasteiger partial charge is 0.416 e. The van der Waals surface area contributed by atoms with Crippen LogP contribution < -0.4 is 14.8 Å². The molecular weight excluding hydrogens is 395 g/mol. The van der Waals surface area contributed by atoms with Crippen LogP contribution in [-0.2, 0) is 12.8 Å². The molecule has 0 fully saturated rings. The minimum Gasteiger partial charge on any atom is -0.493 e. The number of benzene rings is 3. The van der Waals surface area contributed by atoms with Gasteiger partial charge in [0.15, 0.2) is 0 Å². The summed E-state index contributed by atoms with van der Waals surface area (Å²) in [5.41, 5.74) is 0.162. The van der Waals surface area contributed by atoms with E-state index in [4.69, 9.17) is 9.47 Å². The summed E-state index contributed by atoms with van der Waals surface area (Å²) in [7, 11) is 0. The molecule has 0 aromatic heterocycles. The number of ether oxygens (including phenoxy) is 2. The number of hydrogen-bond donors (Lipinski definition) is 1. The second-order valence-corrected chi connectivity index (χ2v) is 6.39. The highest BCUT2D eigenvalue weighted by atomic mass is 19.4. The molecule has 0 atom stereocenters. The van der Waals surface area contributed by atoms with E-state index in [2.05, 4.69) is 5.32 Å². The Morgan fingerprint density at radius 1 is 0.933 bits per heavy atom. The topological polar surface area (TPSA) is 47.6 Å². The quantitative estimate of drug-likeness (QED) is 0.520. The summed E-state index contributed by atoms with van der Waals surface area (Å²) in [6.07, 6.45) is -4.48. The van der Waals surface area contributed by atoms with Crippen molar-refractivity contribution >= 4 is 11.6 Å². The van der Waals surface area contributed by atoms with E-state index in [1.54, 1.807) is 18.2 Å². The summed E-state index contributed by atoms with van der Waals surface area (Å²) in [6.45, 7) is 2.45. The first-order chi connectivity index (χ1) is 14.4. The third-order valence-corrected chi connectivity index (χ3v) is 4.21. The highest BCUT2D eigenvalue weighted by Crippen LogP contribution is 2.31. The number of carbonyl (C=O) groups excluding carboxylic acids is 1.